The van der Waals surface area contributed by atoms with Crippen molar-refractivity contribution in [1.82, 2.24) is 0 Å². The van der Waals surface area contributed by atoms with Crippen LogP contribution >= 0.6 is 0 Å². The van der Waals surface area contributed by atoms with E-state index in [0.717, 1.165) is 0 Å². The van der Waals surface area contributed by atoms with Crippen molar-refractivity contribution in [2.45, 2.75) is 111 Å². The Kier molecular flexibility index (Phi) is 12.3. The zero-order valence-corrected chi connectivity index (χ0v) is 21.7. The van der Waals surface area contributed by atoms with Crippen LogP contribution in [0.3, 0.4) is 0 Å². The Labute approximate surface area is 223 Å². The van der Waals surface area contributed by atoms with E-state index in [1.165, 1.54) is 0 Å². The summed E-state index contributed by atoms with van der Waals surface area (Å²) in [5, 5.41) is 71.0. The second-order valence-corrected chi connectivity index (χ2v) is 10.7. The van der Waals surface area contributed by atoms with Gasteiger partial charge in [0.25, 0.3) is 0 Å². The van der Waals surface area contributed by atoms with Crippen LogP contribution in [-0.4, -0.2) is 158 Å². The molecular formula is C19H40N4O15S. The fraction of sp³-hybridized carbons (Fsp3) is 1.00. The topological polar surface area (TPSA) is 357 Å². The molecule has 0 amide bonds. The molecule has 0 spiro atoms. The van der Waals surface area contributed by atoms with Gasteiger partial charge in [-0.3, -0.25) is 9.11 Å². The van der Waals surface area contributed by atoms with Crippen molar-refractivity contribution in [2.75, 3.05) is 6.61 Å². The van der Waals surface area contributed by atoms with Crippen molar-refractivity contribution in [3.63, 3.8) is 0 Å². The highest BCUT2D eigenvalue weighted by atomic mass is 32.3. The Morgan fingerprint density at radius 3 is 1.79 bits per heavy atom. The van der Waals surface area contributed by atoms with Gasteiger partial charge >= 0.3 is 10.4 Å². The fourth-order valence-electron chi connectivity index (χ4n) is 4.59. The normalized spacial score (nSPS) is 46.7. The molecule has 2 aliphatic heterocycles. The standard InChI is InChI=1S/C19H38N4O11.H2O4S/c1-4(20)14-12(29)13(30)19(31-14)34-17-9(26)5(21)2-6(22)15(17)32-18-8(23)10(27)11(28)16(33-18)7(25)3-24;1-5(2,3)4/h4-19,24-30H,2-3,20-23H2,1H3;(H2,1,2,3,4)/t4-,5-,6+,7+,8+,9+,10+,11-,12-,13+,14+,15-,16+,17-,18-,19-;/m0./s1. The predicted molar refractivity (Wildman–Crippen MR) is 127 cm³/mol. The predicted octanol–water partition coefficient (Wildman–Crippen LogP) is -7.56. The van der Waals surface area contributed by atoms with Gasteiger partial charge in [0, 0.05) is 18.1 Å². The summed E-state index contributed by atoms with van der Waals surface area (Å²) in [7, 11) is -4.67. The molecule has 0 bridgehead atoms. The van der Waals surface area contributed by atoms with E-state index in [-0.39, 0.29) is 6.42 Å². The summed E-state index contributed by atoms with van der Waals surface area (Å²) in [5.74, 6) is 0. The maximum atomic E-state index is 10.7. The molecule has 17 N–H and O–H groups in total. The molecule has 0 unspecified atom stereocenters. The average molecular weight is 597 g/mol. The van der Waals surface area contributed by atoms with Crippen LogP contribution in [-0.2, 0) is 29.3 Å². The molecule has 3 aliphatic rings. The lowest BCUT2D eigenvalue weighted by atomic mass is 9.84. The van der Waals surface area contributed by atoms with Crippen LogP contribution in [0, 0.1) is 0 Å². The van der Waals surface area contributed by atoms with Gasteiger partial charge < -0.3 is 77.6 Å². The Balaban J connectivity index is 0.000000976. The molecule has 20 heteroatoms. The summed E-state index contributed by atoms with van der Waals surface area (Å²) in [6, 6.07) is -3.60. The average Bonchev–Trinajstić information content (AvgIpc) is 3.11. The third-order valence-electron chi connectivity index (χ3n) is 6.68. The Morgan fingerprint density at radius 2 is 1.31 bits per heavy atom. The quantitative estimate of drug-likeness (QED) is 0.121. The SMILES string of the molecule is C[C@H](N)[C@H]1O[C@@H](O[C@H]2[C@H](O)[C@@H](N)C[C@@H](N)[C@@H]2O[C@H]2O[C@H]([C@H](O)CO)[C@@H](O)[C@H](O)[C@H]2N)[C@H](O)[C@@H]1O.O=S(=O)(O)O. The largest absolute Gasteiger partial charge is 0.394 e. The van der Waals surface area contributed by atoms with Crippen LogP contribution in [0.5, 0.6) is 0 Å². The van der Waals surface area contributed by atoms with Gasteiger partial charge in [-0.15, -0.1) is 0 Å². The lowest BCUT2D eigenvalue weighted by Gasteiger charge is -2.47. The second kappa shape index (κ2) is 14.0. The maximum absolute atomic E-state index is 10.7. The molecule has 19 nitrogen and oxygen atoms in total. The first kappa shape index (κ1) is 34.5. The molecule has 1 aliphatic carbocycles. The van der Waals surface area contributed by atoms with E-state index in [0.29, 0.717) is 0 Å². The molecule has 232 valence electrons. The highest BCUT2D eigenvalue weighted by Gasteiger charge is 2.53. The van der Waals surface area contributed by atoms with Crippen molar-refractivity contribution in [1.29, 1.82) is 0 Å². The molecule has 0 aromatic rings. The molecule has 16 atom stereocenters. The first-order valence-electron chi connectivity index (χ1n) is 11.9. The lowest BCUT2D eigenvalue weighted by molar-refractivity contribution is -0.317. The molecule has 1 saturated carbocycles. The molecule has 0 aromatic heterocycles. The molecule has 39 heavy (non-hydrogen) atoms. The summed E-state index contributed by atoms with van der Waals surface area (Å²) >= 11 is 0. The van der Waals surface area contributed by atoms with Crippen LogP contribution in [0.1, 0.15) is 13.3 Å². The smallest absolute Gasteiger partial charge is 0.394 e. The van der Waals surface area contributed by atoms with Crippen molar-refractivity contribution < 1.29 is 72.2 Å². The summed E-state index contributed by atoms with van der Waals surface area (Å²) in [6.07, 6.45) is -16.5. The number of aliphatic hydroxyl groups is 7. The number of nitrogens with two attached hydrogens (primary N) is 4. The zero-order chi connectivity index (χ0) is 30.0. The van der Waals surface area contributed by atoms with Crippen molar-refractivity contribution in [2.24, 2.45) is 22.9 Å². The molecule has 0 aromatic carbocycles. The molecule has 3 fully saturated rings. The van der Waals surface area contributed by atoms with Crippen LogP contribution in [0.2, 0.25) is 0 Å². The summed E-state index contributed by atoms with van der Waals surface area (Å²) < 4.78 is 54.3. The first-order valence-corrected chi connectivity index (χ1v) is 13.3. The van der Waals surface area contributed by atoms with E-state index in [9.17, 15) is 35.7 Å². The molecule has 2 saturated heterocycles. The van der Waals surface area contributed by atoms with Gasteiger partial charge in [0.1, 0.15) is 54.9 Å². The molecular weight excluding hydrogens is 556 g/mol. The Morgan fingerprint density at radius 1 is 0.821 bits per heavy atom. The minimum absolute atomic E-state index is 0.0979. The van der Waals surface area contributed by atoms with Crippen molar-refractivity contribution in [3.05, 3.63) is 0 Å². The lowest BCUT2D eigenvalue weighted by Crippen LogP contribution is -2.68. The van der Waals surface area contributed by atoms with Crippen LogP contribution in [0.4, 0.5) is 0 Å². The van der Waals surface area contributed by atoms with E-state index in [4.69, 9.17) is 59.4 Å². The number of hydrogen-bond acceptors (Lipinski definition) is 17. The van der Waals surface area contributed by atoms with Gasteiger partial charge in [0.2, 0.25) is 0 Å². The maximum Gasteiger partial charge on any atom is 0.394 e. The zero-order valence-electron chi connectivity index (χ0n) is 20.8. The summed E-state index contributed by atoms with van der Waals surface area (Å²) in [5.41, 5.74) is 23.9. The van der Waals surface area contributed by atoms with E-state index < -0.39 is 115 Å². The van der Waals surface area contributed by atoms with Crippen LogP contribution in [0.25, 0.3) is 0 Å². The third-order valence-corrected chi connectivity index (χ3v) is 6.68. The van der Waals surface area contributed by atoms with Gasteiger partial charge in [-0.1, -0.05) is 0 Å². The minimum Gasteiger partial charge on any atom is -0.394 e. The Hall–Kier alpha value is -0.730. The first-order chi connectivity index (χ1) is 17.9. The summed E-state index contributed by atoms with van der Waals surface area (Å²) in [6.45, 7) is 0.813. The van der Waals surface area contributed by atoms with E-state index in [2.05, 4.69) is 0 Å². The third kappa shape index (κ3) is 8.64. The van der Waals surface area contributed by atoms with Crippen LogP contribution < -0.4 is 22.9 Å². The highest BCUT2D eigenvalue weighted by molar-refractivity contribution is 7.79. The number of ether oxygens (including phenoxy) is 4. The van der Waals surface area contributed by atoms with Gasteiger partial charge in [-0.05, 0) is 13.3 Å². The highest BCUT2D eigenvalue weighted by Crippen LogP contribution is 2.32. The Bertz CT molecular complexity index is 866. The minimum atomic E-state index is -4.67. The fourth-order valence-corrected chi connectivity index (χ4v) is 4.59. The van der Waals surface area contributed by atoms with Gasteiger partial charge in [-0.25, -0.2) is 0 Å². The van der Waals surface area contributed by atoms with Crippen molar-refractivity contribution in [3.8, 4) is 0 Å². The van der Waals surface area contributed by atoms with Crippen molar-refractivity contribution >= 4 is 10.4 Å². The monoisotopic (exact) mass is 596 g/mol. The van der Waals surface area contributed by atoms with E-state index in [1.54, 1.807) is 6.92 Å². The van der Waals surface area contributed by atoms with E-state index >= 15 is 0 Å². The van der Waals surface area contributed by atoms with E-state index in [1.807, 2.05) is 0 Å². The molecule has 3 rings (SSSR count). The second-order valence-electron chi connectivity index (χ2n) is 9.79. The molecule has 0 radical (unpaired) electrons. The summed E-state index contributed by atoms with van der Waals surface area (Å²) in [4.78, 5) is 0. The van der Waals surface area contributed by atoms with Gasteiger partial charge in [0.05, 0.1) is 18.8 Å². The number of aliphatic hydroxyl groups excluding tert-OH is 7. The number of rotatable bonds is 7. The van der Waals surface area contributed by atoms with Crippen LogP contribution in [0.15, 0.2) is 0 Å². The number of hydrogen-bond donors (Lipinski definition) is 13. The van der Waals surface area contributed by atoms with Gasteiger partial charge in [-0.2, -0.15) is 8.42 Å². The van der Waals surface area contributed by atoms with Gasteiger partial charge in [0.15, 0.2) is 12.6 Å². The molecule has 2 heterocycles.